The van der Waals surface area contributed by atoms with E-state index in [1.165, 1.54) is 17.0 Å². The third-order valence-corrected chi connectivity index (χ3v) is 10.0. The zero-order valence-electron chi connectivity index (χ0n) is 26.4. The van der Waals surface area contributed by atoms with Gasteiger partial charge in [-0.15, -0.1) is 0 Å². The summed E-state index contributed by atoms with van der Waals surface area (Å²) in [5, 5.41) is 3.64. The highest BCUT2D eigenvalue weighted by atomic mass is 35.5. The summed E-state index contributed by atoms with van der Waals surface area (Å²) in [4.78, 5) is 29.9. The van der Waals surface area contributed by atoms with Crippen LogP contribution in [0.5, 0.6) is 0 Å². The molecule has 0 aliphatic carbocycles. The molecule has 2 amide bonds. The van der Waals surface area contributed by atoms with Crippen LogP contribution in [0.25, 0.3) is 0 Å². The van der Waals surface area contributed by atoms with Crippen LogP contribution in [0.1, 0.15) is 36.1 Å². The lowest BCUT2D eigenvalue weighted by molar-refractivity contribution is -0.140. The largest absolute Gasteiger partial charge is 0.354 e. The number of amides is 2. The first-order chi connectivity index (χ1) is 21.8. The van der Waals surface area contributed by atoms with Crippen LogP contribution < -0.4 is 9.62 Å². The smallest absolute Gasteiger partial charge is 0.264 e. The molecule has 0 aliphatic heterocycles. The van der Waals surface area contributed by atoms with E-state index in [9.17, 15) is 18.0 Å². The molecule has 0 aromatic heterocycles. The van der Waals surface area contributed by atoms with E-state index < -0.39 is 28.5 Å². The molecule has 0 heterocycles. The number of rotatable bonds is 13. The average Bonchev–Trinajstić information content (AvgIpc) is 3.03. The molecule has 4 rings (SSSR count). The van der Waals surface area contributed by atoms with E-state index in [2.05, 4.69) is 5.32 Å². The molecule has 4 aromatic carbocycles. The van der Waals surface area contributed by atoms with Gasteiger partial charge in [0.05, 0.1) is 20.6 Å². The second-order valence-electron chi connectivity index (χ2n) is 11.8. The van der Waals surface area contributed by atoms with Crippen LogP contribution in [0.3, 0.4) is 0 Å². The zero-order chi connectivity index (χ0) is 33.4. The summed E-state index contributed by atoms with van der Waals surface area (Å²) in [6.07, 6.45) is 0.215. The van der Waals surface area contributed by atoms with Crippen LogP contribution in [0.2, 0.25) is 10.0 Å². The number of benzene rings is 4. The summed E-state index contributed by atoms with van der Waals surface area (Å²) in [7, 11) is -4.18. The molecule has 10 heteroatoms. The van der Waals surface area contributed by atoms with Gasteiger partial charge < -0.3 is 10.2 Å². The summed E-state index contributed by atoms with van der Waals surface area (Å²) in [5.74, 6) is -0.713. The SMILES string of the molecule is Cc1ccc(N(CC(=O)N(Cc2ccc(Cl)c(Cl)c2)C(Cc2ccccc2)C(=O)NCC(C)C)S(=O)(=O)c2ccc(C)cc2)cc1. The quantitative estimate of drug-likeness (QED) is 0.162. The maximum Gasteiger partial charge on any atom is 0.264 e. The maximum atomic E-state index is 14.5. The molecule has 46 heavy (non-hydrogen) atoms. The predicted octanol–water partition coefficient (Wildman–Crippen LogP) is 7.22. The molecular formula is C36H39Cl2N3O4S. The van der Waals surface area contributed by atoms with Gasteiger partial charge in [-0.05, 0) is 67.3 Å². The van der Waals surface area contributed by atoms with E-state index in [-0.39, 0.29) is 29.7 Å². The Balaban J connectivity index is 1.81. The van der Waals surface area contributed by atoms with Crippen molar-refractivity contribution < 1.29 is 18.0 Å². The number of carbonyl (C=O) groups excluding carboxylic acids is 2. The van der Waals surface area contributed by atoms with Gasteiger partial charge in [-0.25, -0.2) is 8.42 Å². The summed E-state index contributed by atoms with van der Waals surface area (Å²) < 4.78 is 29.4. The van der Waals surface area contributed by atoms with Crippen LogP contribution in [-0.2, 0) is 32.6 Å². The molecule has 242 valence electrons. The zero-order valence-corrected chi connectivity index (χ0v) is 28.7. The topological polar surface area (TPSA) is 86.8 Å². The number of nitrogens with one attached hydrogen (secondary N) is 1. The summed E-state index contributed by atoms with van der Waals surface area (Å²) >= 11 is 12.5. The van der Waals surface area contributed by atoms with Crippen LogP contribution >= 0.6 is 23.2 Å². The second kappa shape index (κ2) is 15.6. The lowest BCUT2D eigenvalue weighted by Crippen LogP contribution is -2.53. The molecule has 0 fully saturated rings. The van der Waals surface area contributed by atoms with Gasteiger partial charge in [0.15, 0.2) is 0 Å². The molecule has 0 spiro atoms. The van der Waals surface area contributed by atoms with Crippen molar-refractivity contribution in [3.05, 3.63) is 129 Å². The Morgan fingerprint density at radius 1 is 0.783 bits per heavy atom. The summed E-state index contributed by atoms with van der Waals surface area (Å²) in [6, 6.07) is 26.9. The Hall–Kier alpha value is -3.85. The van der Waals surface area contributed by atoms with E-state index in [0.29, 0.717) is 27.8 Å². The van der Waals surface area contributed by atoms with Gasteiger partial charge in [0.1, 0.15) is 12.6 Å². The summed E-state index contributed by atoms with van der Waals surface area (Å²) in [6.45, 7) is 7.61. The van der Waals surface area contributed by atoms with E-state index >= 15 is 0 Å². The fourth-order valence-electron chi connectivity index (χ4n) is 4.89. The molecule has 1 N–H and O–H groups in total. The first-order valence-corrected chi connectivity index (χ1v) is 17.3. The van der Waals surface area contributed by atoms with Gasteiger partial charge in [0, 0.05) is 19.5 Å². The third-order valence-electron chi connectivity index (χ3n) is 7.50. The van der Waals surface area contributed by atoms with Gasteiger partial charge in [-0.3, -0.25) is 13.9 Å². The number of hydrogen-bond acceptors (Lipinski definition) is 4. The molecule has 4 aromatic rings. The van der Waals surface area contributed by atoms with E-state index in [1.807, 2.05) is 58.0 Å². The van der Waals surface area contributed by atoms with Gasteiger partial charge in [-0.1, -0.05) is 109 Å². The van der Waals surface area contributed by atoms with E-state index in [4.69, 9.17) is 23.2 Å². The first kappa shape index (κ1) is 35.0. The number of nitrogens with zero attached hydrogens (tertiary/aromatic N) is 2. The minimum Gasteiger partial charge on any atom is -0.354 e. The molecule has 0 saturated heterocycles. The van der Waals surface area contributed by atoms with Crippen molar-refractivity contribution in [2.75, 3.05) is 17.4 Å². The molecule has 0 aliphatic rings. The van der Waals surface area contributed by atoms with Crippen molar-refractivity contribution in [2.45, 2.75) is 51.6 Å². The normalized spacial score (nSPS) is 12.1. The fraction of sp³-hybridized carbons (Fsp3) is 0.278. The number of carbonyl (C=O) groups is 2. The number of hydrogen-bond donors (Lipinski definition) is 1. The van der Waals surface area contributed by atoms with Crippen molar-refractivity contribution in [3.8, 4) is 0 Å². The van der Waals surface area contributed by atoms with Crippen LogP contribution in [-0.4, -0.2) is 44.3 Å². The van der Waals surface area contributed by atoms with Crippen molar-refractivity contribution in [1.82, 2.24) is 10.2 Å². The van der Waals surface area contributed by atoms with Crippen molar-refractivity contribution >= 4 is 50.7 Å². The van der Waals surface area contributed by atoms with E-state index in [0.717, 1.165) is 21.0 Å². The highest BCUT2D eigenvalue weighted by molar-refractivity contribution is 7.92. The first-order valence-electron chi connectivity index (χ1n) is 15.1. The molecule has 1 atom stereocenters. The highest BCUT2D eigenvalue weighted by Crippen LogP contribution is 2.27. The van der Waals surface area contributed by atoms with Crippen molar-refractivity contribution in [2.24, 2.45) is 5.92 Å². The van der Waals surface area contributed by atoms with Crippen LogP contribution in [0.15, 0.2) is 102 Å². The standard InChI is InChI=1S/C36H39Cl2N3O4S/c1-25(2)22-39-36(43)34(21-28-8-6-5-7-9-28)40(23-29-14-19-32(37)33(38)20-29)35(42)24-41(30-15-10-26(3)11-16-30)46(44,45)31-17-12-27(4)13-18-31/h5-20,25,34H,21-24H2,1-4H3,(H,39,43). The highest BCUT2D eigenvalue weighted by Gasteiger charge is 2.34. The predicted molar refractivity (Wildman–Crippen MR) is 186 cm³/mol. The second-order valence-corrected chi connectivity index (χ2v) is 14.5. The number of sulfonamides is 1. The van der Waals surface area contributed by atoms with Crippen LogP contribution in [0.4, 0.5) is 5.69 Å². The molecule has 0 radical (unpaired) electrons. The number of anilines is 1. The Bertz CT molecular complexity index is 1750. The van der Waals surface area contributed by atoms with Gasteiger partial charge in [-0.2, -0.15) is 0 Å². The molecular weight excluding hydrogens is 641 g/mol. The van der Waals surface area contributed by atoms with Gasteiger partial charge in [0.25, 0.3) is 10.0 Å². The monoisotopic (exact) mass is 679 g/mol. The summed E-state index contributed by atoms with van der Waals surface area (Å²) in [5.41, 5.74) is 3.66. The Kier molecular flexibility index (Phi) is 11.9. The van der Waals surface area contributed by atoms with Gasteiger partial charge in [0.2, 0.25) is 11.8 Å². The fourth-order valence-corrected chi connectivity index (χ4v) is 6.62. The molecule has 0 bridgehead atoms. The third kappa shape index (κ3) is 9.12. The number of halogens is 2. The van der Waals surface area contributed by atoms with Crippen molar-refractivity contribution in [1.29, 1.82) is 0 Å². The number of aryl methyl sites for hydroxylation is 2. The molecule has 0 saturated carbocycles. The van der Waals surface area contributed by atoms with Gasteiger partial charge >= 0.3 is 0 Å². The van der Waals surface area contributed by atoms with Crippen molar-refractivity contribution in [3.63, 3.8) is 0 Å². The van der Waals surface area contributed by atoms with Crippen LogP contribution in [0, 0.1) is 19.8 Å². The Labute approximate surface area is 282 Å². The minimum absolute atomic E-state index is 0.00532. The van der Waals surface area contributed by atoms with E-state index in [1.54, 1.807) is 54.6 Å². The lowest BCUT2D eigenvalue weighted by Gasteiger charge is -2.34. The molecule has 1 unspecified atom stereocenters. The molecule has 7 nitrogen and oxygen atoms in total. The Morgan fingerprint density at radius 2 is 1.39 bits per heavy atom. The maximum absolute atomic E-state index is 14.5. The average molecular weight is 681 g/mol. The lowest BCUT2D eigenvalue weighted by atomic mass is 10.0. The minimum atomic E-state index is -4.18. The Morgan fingerprint density at radius 3 is 1.98 bits per heavy atom.